The van der Waals surface area contributed by atoms with E-state index >= 15 is 0 Å². The number of rotatable bonds is 7. The molecule has 1 aromatic carbocycles. The highest BCUT2D eigenvalue weighted by atomic mass is 16.5. The van der Waals surface area contributed by atoms with E-state index in [0.717, 1.165) is 5.75 Å². The second-order valence-electron chi connectivity index (χ2n) is 4.21. The molecule has 1 atom stereocenters. The molecule has 0 spiro atoms. The van der Waals surface area contributed by atoms with Gasteiger partial charge in [0.15, 0.2) is 0 Å². The lowest BCUT2D eigenvalue weighted by atomic mass is 10.3. The smallest absolute Gasteiger partial charge is 0.239 e. The molecule has 0 aliphatic rings. The fourth-order valence-electron chi connectivity index (χ4n) is 1.56. The van der Waals surface area contributed by atoms with Crippen LogP contribution in [0.4, 0.5) is 0 Å². The minimum absolute atomic E-state index is 0.0647. The van der Waals surface area contributed by atoms with E-state index in [9.17, 15) is 0 Å². The summed E-state index contributed by atoms with van der Waals surface area (Å²) in [7, 11) is 0. The van der Waals surface area contributed by atoms with Gasteiger partial charge in [0.05, 0.1) is 6.61 Å². The van der Waals surface area contributed by atoms with E-state index in [4.69, 9.17) is 14.2 Å². The Kier molecular flexibility index (Phi) is 5.32. The quantitative estimate of drug-likeness (QED) is 0.776. The molecule has 0 N–H and O–H groups in total. The number of hydrogen-bond acceptors (Lipinski definition) is 5. The third-order valence-electron chi connectivity index (χ3n) is 2.46. The van der Waals surface area contributed by atoms with Crippen LogP contribution in [0.5, 0.6) is 17.5 Å². The van der Waals surface area contributed by atoms with E-state index in [2.05, 4.69) is 10.2 Å². The predicted molar refractivity (Wildman–Crippen MR) is 75.1 cm³/mol. The Hall–Kier alpha value is -2.14. The molecule has 2 aromatic rings. The maximum absolute atomic E-state index is 5.57. The van der Waals surface area contributed by atoms with Gasteiger partial charge in [-0.25, -0.2) is 0 Å². The van der Waals surface area contributed by atoms with Crippen molar-refractivity contribution in [2.45, 2.75) is 20.0 Å². The van der Waals surface area contributed by atoms with Crippen molar-refractivity contribution in [3.05, 3.63) is 42.5 Å². The number of nitrogens with zero attached hydrogens (tertiary/aromatic N) is 2. The van der Waals surface area contributed by atoms with Gasteiger partial charge in [0.25, 0.3) is 0 Å². The zero-order valence-corrected chi connectivity index (χ0v) is 11.7. The van der Waals surface area contributed by atoms with Crippen LogP contribution in [0.2, 0.25) is 0 Å². The Morgan fingerprint density at radius 2 is 1.70 bits per heavy atom. The first-order chi connectivity index (χ1) is 9.78. The van der Waals surface area contributed by atoms with Crippen molar-refractivity contribution in [2.75, 3.05) is 13.2 Å². The van der Waals surface area contributed by atoms with Crippen LogP contribution >= 0.6 is 0 Å². The minimum Gasteiger partial charge on any atom is -0.471 e. The molecule has 1 heterocycles. The Labute approximate surface area is 118 Å². The fourth-order valence-corrected chi connectivity index (χ4v) is 1.56. The Bertz CT molecular complexity index is 502. The first-order valence-electron chi connectivity index (χ1n) is 6.59. The maximum Gasteiger partial charge on any atom is 0.239 e. The second kappa shape index (κ2) is 7.45. The molecular weight excluding hydrogens is 256 g/mol. The van der Waals surface area contributed by atoms with Crippen LogP contribution in [0.25, 0.3) is 0 Å². The molecule has 0 radical (unpaired) electrons. The molecule has 106 valence electrons. The van der Waals surface area contributed by atoms with Gasteiger partial charge in [-0.3, -0.25) is 0 Å². The summed E-state index contributed by atoms with van der Waals surface area (Å²) < 4.78 is 16.4. The van der Waals surface area contributed by atoms with Crippen LogP contribution in [0.1, 0.15) is 13.8 Å². The number of hydrogen-bond donors (Lipinski definition) is 0. The van der Waals surface area contributed by atoms with Gasteiger partial charge < -0.3 is 14.2 Å². The van der Waals surface area contributed by atoms with Crippen molar-refractivity contribution in [1.29, 1.82) is 0 Å². The van der Waals surface area contributed by atoms with Crippen LogP contribution in [0, 0.1) is 0 Å². The predicted octanol–water partition coefficient (Wildman–Crippen LogP) is 3.07. The summed E-state index contributed by atoms with van der Waals surface area (Å²) in [5, 5.41) is 7.94. The van der Waals surface area contributed by atoms with Gasteiger partial charge in [-0.2, -0.15) is 0 Å². The van der Waals surface area contributed by atoms with E-state index in [1.165, 1.54) is 0 Å². The summed E-state index contributed by atoms with van der Waals surface area (Å²) in [4.78, 5) is 0. The Morgan fingerprint density at radius 3 is 2.35 bits per heavy atom. The van der Waals surface area contributed by atoms with Crippen LogP contribution in [-0.2, 0) is 4.74 Å². The highest BCUT2D eigenvalue weighted by Gasteiger charge is 2.06. The monoisotopic (exact) mass is 274 g/mol. The number of aromatic nitrogens is 2. The first-order valence-corrected chi connectivity index (χ1v) is 6.59. The van der Waals surface area contributed by atoms with Gasteiger partial charge in [-0.05, 0) is 26.0 Å². The Balaban J connectivity index is 1.89. The third-order valence-corrected chi connectivity index (χ3v) is 2.46. The first kappa shape index (κ1) is 14.3. The summed E-state index contributed by atoms with van der Waals surface area (Å²) in [5.41, 5.74) is 0. The summed E-state index contributed by atoms with van der Waals surface area (Å²) >= 11 is 0. The third kappa shape index (κ3) is 4.51. The van der Waals surface area contributed by atoms with Crippen molar-refractivity contribution in [3.63, 3.8) is 0 Å². The molecule has 0 aliphatic carbocycles. The molecule has 0 aliphatic heterocycles. The topological polar surface area (TPSA) is 53.5 Å². The van der Waals surface area contributed by atoms with Gasteiger partial charge in [-0.1, -0.05) is 18.2 Å². The molecule has 2 rings (SSSR count). The molecule has 0 saturated heterocycles. The molecule has 5 heteroatoms. The number of ether oxygens (including phenoxy) is 3. The standard InChI is InChI=1S/C15H18N2O3/c1-3-18-11-12(2)19-14-9-10-15(17-16-14)20-13-7-5-4-6-8-13/h4-10,12H,3,11H2,1-2H3. The van der Waals surface area contributed by atoms with Crippen LogP contribution in [-0.4, -0.2) is 29.5 Å². The summed E-state index contributed by atoms with van der Waals surface area (Å²) in [6, 6.07) is 12.9. The fraction of sp³-hybridized carbons (Fsp3) is 0.333. The maximum atomic E-state index is 5.57. The molecule has 1 aromatic heterocycles. The van der Waals surface area contributed by atoms with Crippen LogP contribution < -0.4 is 9.47 Å². The minimum atomic E-state index is -0.0647. The van der Waals surface area contributed by atoms with Crippen LogP contribution in [0.3, 0.4) is 0 Å². The van der Waals surface area contributed by atoms with Crippen molar-refractivity contribution in [1.82, 2.24) is 10.2 Å². The highest BCUT2D eigenvalue weighted by molar-refractivity contribution is 5.26. The van der Waals surface area contributed by atoms with Crippen molar-refractivity contribution in [2.24, 2.45) is 0 Å². The van der Waals surface area contributed by atoms with Gasteiger partial charge in [0, 0.05) is 18.7 Å². The average molecular weight is 274 g/mol. The SMILES string of the molecule is CCOCC(C)Oc1ccc(Oc2ccccc2)nn1. The molecule has 0 fully saturated rings. The van der Waals surface area contributed by atoms with Crippen molar-refractivity contribution < 1.29 is 14.2 Å². The molecular formula is C15H18N2O3. The normalized spacial score (nSPS) is 11.9. The van der Waals surface area contributed by atoms with Gasteiger partial charge >= 0.3 is 0 Å². The van der Waals surface area contributed by atoms with Gasteiger partial charge in [0.2, 0.25) is 11.8 Å². The second-order valence-corrected chi connectivity index (χ2v) is 4.21. The number of benzene rings is 1. The number of para-hydroxylation sites is 1. The summed E-state index contributed by atoms with van der Waals surface area (Å²) in [6.45, 7) is 5.07. The average Bonchev–Trinajstić information content (AvgIpc) is 2.48. The van der Waals surface area contributed by atoms with E-state index in [1.54, 1.807) is 12.1 Å². The largest absolute Gasteiger partial charge is 0.471 e. The molecule has 5 nitrogen and oxygen atoms in total. The molecule has 20 heavy (non-hydrogen) atoms. The zero-order chi connectivity index (χ0) is 14.2. The van der Waals surface area contributed by atoms with Gasteiger partial charge in [0.1, 0.15) is 11.9 Å². The lowest BCUT2D eigenvalue weighted by molar-refractivity contribution is 0.0627. The van der Waals surface area contributed by atoms with E-state index in [1.807, 2.05) is 44.2 Å². The van der Waals surface area contributed by atoms with E-state index < -0.39 is 0 Å². The van der Waals surface area contributed by atoms with Crippen LogP contribution in [0.15, 0.2) is 42.5 Å². The van der Waals surface area contributed by atoms with Gasteiger partial charge in [-0.15, -0.1) is 10.2 Å². The Morgan fingerprint density at radius 1 is 1.00 bits per heavy atom. The van der Waals surface area contributed by atoms with E-state index in [0.29, 0.717) is 25.0 Å². The zero-order valence-electron chi connectivity index (χ0n) is 11.7. The summed E-state index contributed by atoms with van der Waals surface area (Å²) in [5.74, 6) is 1.61. The molecule has 0 bridgehead atoms. The molecule has 1 unspecified atom stereocenters. The highest BCUT2D eigenvalue weighted by Crippen LogP contribution is 2.19. The molecule has 0 saturated carbocycles. The lowest BCUT2D eigenvalue weighted by Crippen LogP contribution is -2.19. The molecule has 0 amide bonds. The lowest BCUT2D eigenvalue weighted by Gasteiger charge is -2.13. The van der Waals surface area contributed by atoms with Crippen molar-refractivity contribution >= 4 is 0 Å². The van der Waals surface area contributed by atoms with Crippen molar-refractivity contribution in [3.8, 4) is 17.5 Å². The van der Waals surface area contributed by atoms with E-state index in [-0.39, 0.29) is 6.10 Å². The summed E-state index contributed by atoms with van der Waals surface area (Å²) in [6.07, 6.45) is -0.0647.